The fraction of sp³-hybridized carbons (Fsp3) is 1.00. The summed E-state index contributed by atoms with van der Waals surface area (Å²) < 4.78 is 0. The monoisotopic (exact) mass is 172 g/mol. The maximum atomic E-state index is 2.94. The minimum atomic E-state index is 0.737. The molecule has 1 saturated carbocycles. The summed E-state index contributed by atoms with van der Waals surface area (Å²) in [5.74, 6) is 0. The Hall–Kier alpha value is 0.430. The first-order valence-electron chi connectivity index (χ1n) is 4.94. The Bertz CT molecular complexity index is 112. The van der Waals surface area contributed by atoms with Gasteiger partial charge in [0.25, 0.3) is 0 Å². The summed E-state index contributed by atoms with van der Waals surface area (Å²) in [6, 6.07) is 0. The van der Waals surface area contributed by atoms with E-state index in [1.165, 1.54) is 38.5 Å². The molecule has 0 spiro atoms. The molecule has 0 N–H and O–H groups in total. The predicted molar refractivity (Wildman–Crippen MR) is 55.0 cm³/mol. The molecule has 0 amide bonds. The molecule has 0 bridgehead atoms. The van der Waals surface area contributed by atoms with Crippen molar-refractivity contribution in [2.45, 2.75) is 58.0 Å². The van der Waals surface area contributed by atoms with Gasteiger partial charge in [0.15, 0.2) is 0 Å². The minimum absolute atomic E-state index is 0.737. The fourth-order valence-electron chi connectivity index (χ4n) is 2.51. The standard InChI is InChI=1S/C10H21P/c1-3-10(8-9(2)11)6-4-5-7-10/h9H,3-8,11H2,1-2H3/t9-/m1/s1. The summed E-state index contributed by atoms with van der Waals surface area (Å²) in [6.07, 6.45) is 8.75. The molecule has 0 saturated heterocycles. The second kappa shape index (κ2) is 3.90. The topological polar surface area (TPSA) is 0 Å². The molecule has 66 valence electrons. The highest BCUT2D eigenvalue weighted by atomic mass is 31.0. The van der Waals surface area contributed by atoms with Crippen LogP contribution in [0.2, 0.25) is 0 Å². The molecule has 1 aliphatic carbocycles. The average molecular weight is 172 g/mol. The largest absolute Gasteiger partial charge is 0.135 e. The lowest BCUT2D eigenvalue weighted by atomic mass is 9.79. The van der Waals surface area contributed by atoms with Gasteiger partial charge in [-0.2, -0.15) is 0 Å². The summed E-state index contributed by atoms with van der Waals surface area (Å²) in [4.78, 5) is 0. The summed E-state index contributed by atoms with van der Waals surface area (Å²) >= 11 is 0. The SMILES string of the molecule is CCC1(C[C@@H](C)P)CCCC1. The lowest BCUT2D eigenvalue weighted by molar-refractivity contribution is 0.260. The van der Waals surface area contributed by atoms with Gasteiger partial charge in [0, 0.05) is 0 Å². The third kappa shape index (κ3) is 2.44. The lowest BCUT2D eigenvalue weighted by Crippen LogP contribution is -2.18. The van der Waals surface area contributed by atoms with Gasteiger partial charge in [-0.3, -0.25) is 0 Å². The molecule has 0 radical (unpaired) electrons. The molecule has 0 heterocycles. The van der Waals surface area contributed by atoms with E-state index in [1.54, 1.807) is 0 Å². The molecule has 1 heteroatoms. The molecule has 1 aliphatic rings. The predicted octanol–water partition coefficient (Wildman–Crippen LogP) is 3.61. The summed E-state index contributed by atoms with van der Waals surface area (Å²) in [5, 5.41) is 0. The number of rotatable bonds is 3. The quantitative estimate of drug-likeness (QED) is 0.570. The van der Waals surface area contributed by atoms with Crippen molar-refractivity contribution in [1.82, 2.24) is 0 Å². The zero-order chi connectivity index (χ0) is 8.32. The van der Waals surface area contributed by atoms with E-state index in [2.05, 4.69) is 23.1 Å². The normalized spacial score (nSPS) is 25.4. The third-order valence-corrected chi connectivity index (χ3v) is 3.40. The second-order valence-electron chi connectivity index (χ2n) is 4.24. The Morgan fingerprint density at radius 1 is 1.36 bits per heavy atom. The molecule has 11 heavy (non-hydrogen) atoms. The smallest absolute Gasteiger partial charge is 0.0287 e. The van der Waals surface area contributed by atoms with Crippen LogP contribution in [0, 0.1) is 5.41 Å². The van der Waals surface area contributed by atoms with Gasteiger partial charge in [0.2, 0.25) is 0 Å². The van der Waals surface area contributed by atoms with Crippen LogP contribution in [0.5, 0.6) is 0 Å². The Labute approximate surface area is 73.3 Å². The van der Waals surface area contributed by atoms with E-state index in [9.17, 15) is 0 Å². The van der Waals surface area contributed by atoms with Crippen molar-refractivity contribution < 1.29 is 0 Å². The molecule has 1 fully saturated rings. The van der Waals surface area contributed by atoms with Crippen LogP contribution in [0.15, 0.2) is 0 Å². The third-order valence-electron chi connectivity index (χ3n) is 3.17. The van der Waals surface area contributed by atoms with Crippen LogP contribution < -0.4 is 0 Å². The van der Waals surface area contributed by atoms with E-state index in [0.717, 1.165) is 11.1 Å². The molecular weight excluding hydrogens is 151 g/mol. The van der Waals surface area contributed by atoms with E-state index in [0.29, 0.717) is 0 Å². The average Bonchev–Trinajstić information content (AvgIpc) is 2.36. The van der Waals surface area contributed by atoms with Crippen molar-refractivity contribution in [2.24, 2.45) is 5.41 Å². The van der Waals surface area contributed by atoms with Gasteiger partial charge >= 0.3 is 0 Å². The highest BCUT2D eigenvalue weighted by Crippen LogP contribution is 2.45. The minimum Gasteiger partial charge on any atom is -0.135 e. The Balaban J connectivity index is 2.45. The van der Waals surface area contributed by atoms with Crippen molar-refractivity contribution in [3.05, 3.63) is 0 Å². The first-order valence-corrected chi connectivity index (χ1v) is 5.61. The highest BCUT2D eigenvalue weighted by molar-refractivity contribution is 7.17. The Morgan fingerprint density at radius 2 is 1.91 bits per heavy atom. The van der Waals surface area contributed by atoms with Crippen LogP contribution in [0.1, 0.15) is 52.4 Å². The van der Waals surface area contributed by atoms with Crippen molar-refractivity contribution in [1.29, 1.82) is 0 Å². The van der Waals surface area contributed by atoms with Crippen molar-refractivity contribution in [3.63, 3.8) is 0 Å². The maximum absolute atomic E-state index is 2.94. The van der Waals surface area contributed by atoms with Crippen molar-refractivity contribution in [2.75, 3.05) is 0 Å². The second-order valence-corrected chi connectivity index (χ2v) is 5.38. The van der Waals surface area contributed by atoms with E-state index < -0.39 is 0 Å². The number of hydrogen-bond donors (Lipinski definition) is 0. The fourth-order valence-corrected chi connectivity index (χ4v) is 3.01. The lowest BCUT2D eigenvalue weighted by Gasteiger charge is -2.29. The van der Waals surface area contributed by atoms with Crippen LogP contribution in [0.4, 0.5) is 0 Å². The van der Waals surface area contributed by atoms with Crippen LogP contribution in [-0.2, 0) is 0 Å². The van der Waals surface area contributed by atoms with Gasteiger partial charge in [-0.1, -0.05) is 33.1 Å². The van der Waals surface area contributed by atoms with Crippen LogP contribution in [0.3, 0.4) is 0 Å². The van der Waals surface area contributed by atoms with Gasteiger partial charge in [0.05, 0.1) is 0 Å². The van der Waals surface area contributed by atoms with E-state index in [4.69, 9.17) is 0 Å². The van der Waals surface area contributed by atoms with Gasteiger partial charge in [0.1, 0.15) is 0 Å². The van der Waals surface area contributed by atoms with E-state index in [1.807, 2.05) is 0 Å². The van der Waals surface area contributed by atoms with Crippen LogP contribution in [-0.4, -0.2) is 5.66 Å². The van der Waals surface area contributed by atoms with Crippen molar-refractivity contribution in [3.8, 4) is 0 Å². The molecule has 1 unspecified atom stereocenters. The zero-order valence-corrected chi connectivity index (χ0v) is 9.05. The first kappa shape index (κ1) is 9.52. The van der Waals surface area contributed by atoms with Crippen LogP contribution >= 0.6 is 9.24 Å². The van der Waals surface area contributed by atoms with Crippen LogP contribution in [0.25, 0.3) is 0 Å². The molecule has 0 nitrogen and oxygen atoms in total. The van der Waals surface area contributed by atoms with Gasteiger partial charge in [-0.05, 0) is 30.3 Å². The Kier molecular flexibility index (Phi) is 3.37. The first-order chi connectivity index (χ1) is 5.18. The van der Waals surface area contributed by atoms with E-state index >= 15 is 0 Å². The molecular formula is C10H21P. The summed E-state index contributed by atoms with van der Waals surface area (Å²) in [5.41, 5.74) is 1.55. The summed E-state index contributed by atoms with van der Waals surface area (Å²) in [6.45, 7) is 4.68. The van der Waals surface area contributed by atoms with E-state index in [-0.39, 0.29) is 0 Å². The molecule has 0 aromatic carbocycles. The molecule has 0 aliphatic heterocycles. The van der Waals surface area contributed by atoms with Gasteiger partial charge < -0.3 is 0 Å². The molecule has 2 atom stereocenters. The zero-order valence-electron chi connectivity index (χ0n) is 7.90. The maximum Gasteiger partial charge on any atom is -0.0287 e. The highest BCUT2D eigenvalue weighted by Gasteiger charge is 2.32. The number of hydrogen-bond acceptors (Lipinski definition) is 0. The van der Waals surface area contributed by atoms with Gasteiger partial charge in [-0.15, -0.1) is 9.24 Å². The van der Waals surface area contributed by atoms with Gasteiger partial charge in [-0.25, -0.2) is 0 Å². The summed E-state index contributed by atoms with van der Waals surface area (Å²) in [7, 11) is 2.94. The Morgan fingerprint density at radius 3 is 2.27 bits per heavy atom. The molecule has 1 rings (SSSR count). The molecule has 0 aromatic rings. The van der Waals surface area contributed by atoms with Crippen molar-refractivity contribution >= 4 is 9.24 Å². The molecule has 0 aromatic heterocycles.